The van der Waals surface area contributed by atoms with Gasteiger partial charge < -0.3 is 14.8 Å². The first kappa shape index (κ1) is 20.4. The molecule has 154 valence electrons. The Kier molecular flexibility index (Phi) is 6.06. The van der Waals surface area contributed by atoms with Crippen molar-refractivity contribution in [3.63, 3.8) is 0 Å². The van der Waals surface area contributed by atoms with E-state index in [0.29, 0.717) is 39.4 Å². The molecule has 0 radical (unpaired) electrons. The number of fused-ring (bicyclic) bond motifs is 1. The summed E-state index contributed by atoms with van der Waals surface area (Å²) in [4.78, 5) is 27.1. The Bertz CT molecular complexity index is 1030. The molecule has 2 aliphatic rings. The largest absolute Gasteiger partial charge is 0.454 e. The molecule has 0 aromatic heterocycles. The number of nitrogens with zero attached hydrogens (tertiary/aromatic N) is 1. The summed E-state index contributed by atoms with van der Waals surface area (Å²) < 4.78 is 11.1. The predicted molar refractivity (Wildman–Crippen MR) is 121 cm³/mol. The number of nitrogens with one attached hydrogen (secondary N) is 1. The number of benzene rings is 2. The van der Waals surface area contributed by atoms with Gasteiger partial charge in [0.25, 0.3) is 5.91 Å². The molecule has 0 aliphatic carbocycles. The van der Waals surface area contributed by atoms with Crippen LogP contribution in [0, 0.1) is 6.92 Å². The minimum Gasteiger partial charge on any atom is -0.454 e. The summed E-state index contributed by atoms with van der Waals surface area (Å²) in [6.45, 7) is 2.62. The summed E-state index contributed by atoms with van der Waals surface area (Å²) >= 11 is 6.66. The number of hydrogen-bond donors (Lipinski definition) is 1. The Balaban J connectivity index is 1.29. The fourth-order valence-corrected chi connectivity index (χ4v) is 4.41. The quantitative estimate of drug-likeness (QED) is 0.532. The molecule has 2 heterocycles. The second-order valence-electron chi connectivity index (χ2n) is 6.96. The van der Waals surface area contributed by atoms with E-state index >= 15 is 0 Å². The Morgan fingerprint density at radius 2 is 1.97 bits per heavy atom. The van der Waals surface area contributed by atoms with E-state index in [0.717, 1.165) is 5.56 Å². The molecule has 2 aliphatic heterocycles. The van der Waals surface area contributed by atoms with E-state index in [2.05, 4.69) is 5.32 Å². The lowest BCUT2D eigenvalue weighted by molar-refractivity contribution is -0.122. The zero-order valence-electron chi connectivity index (χ0n) is 16.3. The molecule has 1 N–H and O–H groups in total. The van der Waals surface area contributed by atoms with Crippen LogP contribution in [-0.4, -0.2) is 34.4 Å². The molecule has 0 spiro atoms. The highest BCUT2D eigenvalue weighted by Gasteiger charge is 2.31. The summed E-state index contributed by atoms with van der Waals surface area (Å²) in [5.74, 6) is 1.04. The number of rotatable bonds is 6. The van der Waals surface area contributed by atoms with Gasteiger partial charge in [0, 0.05) is 24.7 Å². The van der Waals surface area contributed by atoms with E-state index in [-0.39, 0.29) is 25.0 Å². The normalized spacial score (nSPS) is 16.4. The maximum absolute atomic E-state index is 12.7. The fraction of sp³-hybridized carbons (Fsp3) is 0.227. The molecule has 1 fully saturated rings. The molecule has 0 saturated carbocycles. The first-order chi connectivity index (χ1) is 14.5. The third-order valence-electron chi connectivity index (χ3n) is 4.69. The summed E-state index contributed by atoms with van der Waals surface area (Å²) in [6, 6.07) is 13.2. The monoisotopic (exact) mass is 440 g/mol. The van der Waals surface area contributed by atoms with Crippen molar-refractivity contribution in [2.75, 3.05) is 18.7 Å². The molecular formula is C22H20N2O4S2. The Morgan fingerprint density at radius 3 is 2.77 bits per heavy atom. The number of amides is 2. The van der Waals surface area contributed by atoms with E-state index in [9.17, 15) is 9.59 Å². The van der Waals surface area contributed by atoms with Crippen molar-refractivity contribution in [3.05, 3.63) is 58.5 Å². The van der Waals surface area contributed by atoms with Gasteiger partial charge in [-0.3, -0.25) is 14.5 Å². The molecule has 0 unspecified atom stereocenters. The van der Waals surface area contributed by atoms with Crippen molar-refractivity contribution < 1.29 is 19.1 Å². The minimum atomic E-state index is -0.130. The molecule has 2 aromatic rings. The van der Waals surface area contributed by atoms with E-state index < -0.39 is 0 Å². The minimum absolute atomic E-state index is 0.109. The maximum Gasteiger partial charge on any atom is 0.266 e. The smallest absolute Gasteiger partial charge is 0.266 e. The topological polar surface area (TPSA) is 67.9 Å². The number of carbonyl (C=O) groups excluding carboxylic acids is 2. The van der Waals surface area contributed by atoms with Crippen molar-refractivity contribution in [1.29, 1.82) is 0 Å². The molecule has 2 amide bonds. The van der Waals surface area contributed by atoms with Crippen LogP contribution in [0.3, 0.4) is 0 Å². The summed E-state index contributed by atoms with van der Waals surface area (Å²) in [5, 5.41) is 2.84. The average Bonchev–Trinajstić information content (AvgIpc) is 3.29. The number of carbonyl (C=O) groups is 2. The number of anilines is 1. The highest BCUT2D eigenvalue weighted by atomic mass is 32.2. The lowest BCUT2D eigenvalue weighted by Gasteiger charge is -2.14. The number of aryl methyl sites for hydroxylation is 1. The van der Waals surface area contributed by atoms with E-state index in [1.165, 1.54) is 17.3 Å². The maximum atomic E-state index is 12.7. The Morgan fingerprint density at radius 1 is 1.20 bits per heavy atom. The number of thiocarbonyl (C=S) groups is 1. The number of hydrogen-bond acceptors (Lipinski definition) is 6. The van der Waals surface area contributed by atoms with Crippen molar-refractivity contribution in [3.8, 4) is 11.5 Å². The van der Waals surface area contributed by atoms with Crippen LogP contribution in [0.2, 0.25) is 0 Å². The van der Waals surface area contributed by atoms with Gasteiger partial charge >= 0.3 is 0 Å². The molecule has 8 heteroatoms. The molecule has 4 rings (SSSR count). The van der Waals surface area contributed by atoms with Crippen LogP contribution in [0.5, 0.6) is 11.5 Å². The van der Waals surface area contributed by atoms with E-state index in [1.54, 1.807) is 23.1 Å². The van der Waals surface area contributed by atoms with Crippen molar-refractivity contribution >= 4 is 51.9 Å². The highest BCUT2D eigenvalue weighted by Crippen LogP contribution is 2.34. The first-order valence-electron chi connectivity index (χ1n) is 9.51. The molecule has 0 bridgehead atoms. The molecule has 6 nitrogen and oxygen atoms in total. The average molecular weight is 441 g/mol. The van der Waals surface area contributed by atoms with Gasteiger partial charge in [-0.1, -0.05) is 53.8 Å². The second kappa shape index (κ2) is 8.89. The van der Waals surface area contributed by atoms with Gasteiger partial charge in [-0.15, -0.1) is 0 Å². The van der Waals surface area contributed by atoms with Gasteiger partial charge in [-0.05, 0) is 37.1 Å². The Labute approximate surface area is 184 Å². The van der Waals surface area contributed by atoms with Crippen LogP contribution in [0.1, 0.15) is 24.0 Å². The van der Waals surface area contributed by atoms with Crippen LogP contribution in [-0.2, 0) is 9.59 Å². The van der Waals surface area contributed by atoms with Crippen LogP contribution in [0.25, 0.3) is 6.08 Å². The van der Waals surface area contributed by atoms with Gasteiger partial charge in [0.2, 0.25) is 12.7 Å². The van der Waals surface area contributed by atoms with Crippen molar-refractivity contribution in [1.82, 2.24) is 4.90 Å². The fourth-order valence-electron chi connectivity index (χ4n) is 3.10. The van der Waals surface area contributed by atoms with Gasteiger partial charge in [-0.2, -0.15) is 0 Å². The third-order valence-corrected chi connectivity index (χ3v) is 6.07. The summed E-state index contributed by atoms with van der Waals surface area (Å²) in [5.41, 5.74) is 2.78. The van der Waals surface area contributed by atoms with Gasteiger partial charge in [-0.25, -0.2) is 0 Å². The summed E-state index contributed by atoms with van der Waals surface area (Å²) in [6.07, 6.45) is 2.65. The third kappa shape index (κ3) is 4.66. The highest BCUT2D eigenvalue weighted by molar-refractivity contribution is 8.26. The standard InChI is InChI=1S/C22H20N2O4S2/c1-14-4-6-15(7-5-14)11-19-21(26)24(22(29)30-19)10-2-3-20(25)23-16-8-9-17-18(12-16)28-13-27-17/h4-9,11-12H,2-3,10,13H2,1H3,(H,23,25)/b19-11-. The van der Waals surface area contributed by atoms with Gasteiger partial charge in [0.1, 0.15) is 4.32 Å². The second-order valence-corrected chi connectivity index (χ2v) is 8.64. The van der Waals surface area contributed by atoms with Crippen LogP contribution in [0.4, 0.5) is 5.69 Å². The predicted octanol–water partition coefficient (Wildman–Crippen LogP) is 4.34. The first-order valence-corrected chi connectivity index (χ1v) is 10.7. The molecule has 2 aromatic carbocycles. The summed E-state index contributed by atoms with van der Waals surface area (Å²) in [7, 11) is 0. The van der Waals surface area contributed by atoms with E-state index in [1.807, 2.05) is 37.3 Å². The number of thioether (sulfide) groups is 1. The van der Waals surface area contributed by atoms with Gasteiger partial charge in [0.05, 0.1) is 4.91 Å². The van der Waals surface area contributed by atoms with Crippen LogP contribution < -0.4 is 14.8 Å². The van der Waals surface area contributed by atoms with E-state index in [4.69, 9.17) is 21.7 Å². The zero-order chi connectivity index (χ0) is 21.1. The lowest BCUT2D eigenvalue weighted by Crippen LogP contribution is -2.29. The Hall–Kier alpha value is -2.84. The molecule has 1 saturated heterocycles. The number of ether oxygens (including phenoxy) is 2. The zero-order valence-corrected chi connectivity index (χ0v) is 18.0. The van der Waals surface area contributed by atoms with Crippen molar-refractivity contribution in [2.45, 2.75) is 19.8 Å². The van der Waals surface area contributed by atoms with Gasteiger partial charge in [0.15, 0.2) is 11.5 Å². The SMILES string of the molecule is Cc1ccc(/C=C2\SC(=S)N(CCCC(=O)Nc3ccc4c(c3)OCO4)C2=O)cc1. The lowest BCUT2D eigenvalue weighted by atomic mass is 10.1. The van der Waals surface area contributed by atoms with Crippen molar-refractivity contribution in [2.24, 2.45) is 0 Å². The molecule has 0 atom stereocenters. The molecule has 30 heavy (non-hydrogen) atoms. The van der Waals surface area contributed by atoms with Crippen LogP contribution in [0.15, 0.2) is 47.4 Å². The molecular weight excluding hydrogens is 420 g/mol. The van der Waals surface area contributed by atoms with Crippen LogP contribution >= 0.6 is 24.0 Å².